The van der Waals surface area contributed by atoms with E-state index in [2.05, 4.69) is 17.3 Å². The van der Waals surface area contributed by atoms with Crippen molar-refractivity contribution in [3.8, 4) is 0 Å². The maximum atomic E-state index is 12.0. The van der Waals surface area contributed by atoms with E-state index < -0.39 is 11.5 Å². The molecule has 2 N–H and O–H groups in total. The first-order valence-electron chi connectivity index (χ1n) is 7.75. The van der Waals surface area contributed by atoms with E-state index in [4.69, 9.17) is 0 Å². The third-order valence-electron chi connectivity index (χ3n) is 4.75. The van der Waals surface area contributed by atoms with Gasteiger partial charge in [0.15, 0.2) is 0 Å². The summed E-state index contributed by atoms with van der Waals surface area (Å²) >= 11 is 0. The zero-order valence-corrected chi connectivity index (χ0v) is 12.4. The normalized spacial score (nSPS) is 26.4. The zero-order valence-electron chi connectivity index (χ0n) is 12.4. The number of hydrogen-bond acceptors (Lipinski definition) is 3. The monoisotopic (exact) mass is 282 g/mol. The minimum absolute atomic E-state index is 0.0949. The predicted octanol–water partition coefficient (Wildman–Crippen LogP) is 1.62. The van der Waals surface area contributed by atoms with E-state index in [0.717, 1.165) is 32.4 Å². The van der Waals surface area contributed by atoms with Crippen LogP contribution in [0.4, 0.5) is 0 Å². The molecular weight excluding hydrogens is 256 g/mol. The first kappa shape index (κ1) is 15.3. The molecule has 0 radical (unpaired) electrons. The number of likely N-dealkylation sites (tertiary alicyclic amines) is 1. The Labute approximate surface area is 120 Å². The lowest BCUT2D eigenvalue weighted by atomic mass is 9.92. The molecule has 1 aliphatic carbocycles. The summed E-state index contributed by atoms with van der Waals surface area (Å²) in [6, 6.07) is 0. The molecule has 1 saturated heterocycles. The van der Waals surface area contributed by atoms with E-state index in [1.54, 1.807) is 0 Å². The number of amides is 1. The lowest BCUT2D eigenvalue weighted by molar-refractivity contribution is -0.147. The second-order valence-corrected chi connectivity index (χ2v) is 6.45. The Hall–Kier alpha value is -1.10. The van der Waals surface area contributed by atoms with Gasteiger partial charge in [-0.3, -0.25) is 4.79 Å². The van der Waals surface area contributed by atoms with E-state index in [9.17, 15) is 14.7 Å². The molecule has 114 valence electrons. The Morgan fingerprint density at radius 1 is 1.30 bits per heavy atom. The summed E-state index contributed by atoms with van der Waals surface area (Å²) in [4.78, 5) is 25.7. The molecule has 20 heavy (non-hydrogen) atoms. The number of carboxylic acid groups (broad SMARTS) is 1. The smallest absolute Gasteiger partial charge is 0.329 e. The molecule has 1 amide bonds. The van der Waals surface area contributed by atoms with Gasteiger partial charge in [-0.1, -0.05) is 12.8 Å². The Morgan fingerprint density at radius 2 is 2.00 bits per heavy atom. The standard InChI is InChI=1S/C15H26N2O3/c1-17-10-4-5-12(11-17)6-7-13(18)16-15(14(19)20)8-2-3-9-15/h12H,2-11H2,1H3,(H,16,18)(H,19,20)/t12-/m1/s1. The van der Waals surface area contributed by atoms with Gasteiger partial charge in [-0.15, -0.1) is 0 Å². The van der Waals surface area contributed by atoms with Crippen LogP contribution in [0.3, 0.4) is 0 Å². The Bertz CT molecular complexity index is 364. The van der Waals surface area contributed by atoms with E-state index >= 15 is 0 Å². The highest BCUT2D eigenvalue weighted by Crippen LogP contribution is 2.30. The lowest BCUT2D eigenvalue weighted by Crippen LogP contribution is -2.52. The molecule has 5 heteroatoms. The van der Waals surface area contributed by atoms with Crippen LogP contribution in [0.25, 0.3) is 0 Å². The maximum Gasteiger partial charge on any atom is 0.329 e. The first-order chi connectivity index (χ1) is 9.52. The number of carbonyl (C=O) groups is 2. The van der Waals surface area contributed by atoms with E-state index in [1.165, 1.54) is 12.8 Å². The number of aliphatic carboxylic acids is 1. The SMILES string of the molecule is CN1CCC[C@H](CCC(=O)NC2(C(=O)O)CCCC2)C1. The molecule has 0 aromatic heterocycles. The molecule has 1 saturated carbocycles. The number of nitrogens with one attached hydrogen (secondary N) is 1. The van der Waals surface area contributed by atoms with Crippen molar-refractivity contribution in [2.45, 2.75) is 56.9 Å². The summed E-state index contributed by atoms with van der Waals surface area (Å²) in [5, 5.41) is 12.1. The zero-order chi connectivity index (χ0) is 14.6. The van der Waals surface area contributed by atoms with Crippen LogP contribution in [0.2, 0.25) is 0 Å². The van der Waals surface area contributed by atoms with Crippen LogP contribution < -0.4 is 5.32 Å². The van der Waals surface area contributed by atoms with Crippen molar-refractivity contribution in [2.75, 3.05) is 20.1 Å². The van der Waals surface area contributed by atoms with Gasteiger partial charge in [-0.25, -0.2) is 4.79 Å². The summed E-state index contributed by atoms with van der Waals surface area (Å²) < 4.78 is 0. The van der Waals surface area contributed by atoms with Gasteiger partial charge in [-0.2, -0.15) is 0 Å². The van der Waals surface area contributed by atoms with Gasteiger partial charge in [0.2, 0.25) is 5.91 Å². The van der Waals surface area contributed by atoms with Crippen molar-refractivity contribution in [3.63, 3.8) is 0 Å². The quantitative estimate of drug-likeness (QED) is 0.804. The number of nitrogens with zero attached hydrogens (tertiary/aromatic N) is 1. The van der Waals surface area contributed by atoms with E-state index in [1.807, 2.05) is 0 Å². The second kappa shape index (κ2) is 6.57. The van der Waals surface area contributed by atoms with Crippen LogP contribution in [0.15, 0.2) is 0 Å². The predicted molar refractivity (Wildman–Crippen MR) is 76.4 cm³/mol. The third kappa shape index (κ3) is 3.72. The fourth-order valence-electron chi connectivity index (χ4n) is 3.54. The number of carboxylic acids is 1. The molecule has 0 unspecified atom stereocenters. The van der Waals surface area contributed by atoms with E-state index in [-0.39, 0.29) is 5.91 Å². The molecule has 0 aromatic rings. The van der Waals surface area contributed by atoms with Crippen LogP contribution in [0, 0.1) is 5.92 Å². The number of carbonyl (C=O) groups excluding carboxylic acids is 1. The Morgan fingerprint density at radius 3 is 2.60 bits per heavy atom. The molecule has 0 aromatic carbocycles. The van der Waals surface area contributed by atoms with Gasteiger partial charge in [0.25, 0.3) is 0 Å². The Kier molecular flexibility index (Phi) is 5.02. The van der Waals surface area contributed by atoms with Crippen LogP contribution in [0.1, 0.15) is 51.4 Å². The summed E-state index contributed by atoms with van der Waals surface area (Å²) in [5.74, 6) is -0.396. The molecule has 5 nitrogen and oxygen atoms in total. The summed E-state index contributed by atoms with van der Waals surface area (Å²) in [5.41, 5.74) is -0.986. The van der Waals surface area contributed by atoms with Crippen LogP contribution in [0.5, 0.6) is 0 Å². The highest BCUT2D eigenvalue weighted by Gasteiger charge is 2.42. The van der Waals surface area contributed by atoms with Crippen LogP contribution in [-0.4, -0.2) is 47.6 Å². The average molecular weight is 282 g/mol. The first-order valence-corrected chi connectivity index (χ1v) is 7.75. The molecule has 2 fully saturated rings. The molecule has 2 rings (SSSR count). The lowest BCUT2D eigenvalue weighted by Gasteiger charge is -2.30. The van der Waals surface area contributed by atoms with Gasteiger partial charge < -0.3 is 15.3 Å². The van der Waals surface area contributed by atoms with Gasteiger partial charge in [-0.05, 0) is 51.6 Å². The molecule has 1 aliphatic heterocycles. The second-order valence-electron chi connectivity index (χ2n) is 6.45. The highest BCUT2D eigenvalue weighted by molar-refractivity contribution is 5.87. The van der Waals surface area contributed by atoms with Crippen molar-refractivity contribution in [1.29, 1.82) is 0 Å². The van der Waals surface area contributed by atoms with Crippen molar-refractivity contribution in [2.24, 2.45) is 5.92 Å². The minimum atomic E-state index is -0.986. The largest absolute Gasteiger partial charge is 0.480 e. The average Bonchev–Trinajstić information content (AvgIpc) is 2.86. The molecule has 1 atom stereocenters. The van der Waals surface area contributed by atoms with Gasteiger partial charge in [0.1, 0.15) is 5.54 Å². The highest BCUT2D eigenvalue weighted by atomic mass is 16.4. The third-order valence-corrected chi connectivity index (χ3v) is 4.75. The molecule has 2 aliphatic rings. The van der Waals surface area contributed by atoms with E-state index in [0.29, 0.717) is 25.2 Å². The number of hydrogen-bond donors (Lipinski definition) is 2. The van der Waals surface area contributed by atoms with Gasteiger partial charge >= 0.3 is 5.97 Å². The van der Waals surface area contributed by atoms with Crippen molar-refractivity contribution in [3.05, 3.63) is 0 Å². The van der Waals surface area contributed by atoms with Crippen LogP contribution >= 0.6 is 0 Å². The Balaban J connectivity index is 1.78. The topological polar surface area (TPSA) is 69.6 Å². The summed E-state index contributed by atoms with van der Waals surface area (Å²) in [7, 11) is 2.12. The summed E-state index contributed by atoms with van der Waals surface area (Å²) in [6.45, 7) is 2.20. The van der Waals surface area contributed by atoms with Gasteiger partial charge in [0.05, 0.1) is 0 Å². The van der Waals surface area contributed by atoms with Gasteiger partial charge in [0, 0.05) is 13.0 Å². The molecule has 1 heterocycles. The molecule has 0 spiro atoms. The fraction of sp³-hybridized carbons (Fsp3) is 0.867. The molecule has 0 bridgehead atoms. The maximum absolute atomic E-state index is 12.0. The van der Waals surface area contributed by atoms with Crippen molar-refractivity contribution >= 4 is 11.9 Å². The van der Waals surface area contributed by atoms with Crippen LogP contribution in [-0.2, 0) is 9.59 Å². The van der Waals surface area contributed by atoms with Crippen molar-refractivity contribution < 1.29 is 14.7 Å². The molecular formula is C15H26N2O3. The minimum Gasteiger partial charge on any atom is -0.480 e. The fourth-order valence-corrected chi connectivity index (χ4v) is 3.54. The number of rotatable bonds is 5. The summed E-state index contributed by atoms with van der Waals surface area (Å²) in [6.07, 6.45) is 6.61. The number of piperidine rings is 1. The van der Waals surface area contributed by atoms with Crippen molar-refractivity contribution in [1.82, 2.24) is 10.2 Å².